The predicted octanol–water partition coefficient (Wildman–Crippen LogP) is 2.89. The van der Waals surface area contributed by atoms with Crippen LogP contribution in [0.1, 0.15) is 11.4 Å². The molecule has 1 aromatic heterocycles. The zero-order valence-electron chi connectivity index (χ0n) is 10.6. The minimum atomic E-state index is 0.790. The Morgan fingerprint density at radius 3 is 2.47 bits per heavy atom. The Bertz CT molecular complexity index is 588. The van der Waals surface area contributed by atoms with Gasteiger partial charge >= 0.3 is 0 Å². The van der Waals surface area contributed by atoms with Gasteiger partial charge in [-0.3, -0.25) is 0 Å². The van der Waals surface area contributed by atoms with Gasteiger partial charge in [-0.1, -0.05) is 36.4 Å². The molecule has 0 N–H and O–H groups in total. The maximum absolute atomic E-state index is 4.26. The number of allylic oxidation sites excluding steroid dienone is 2. The van der Waals surface area contributed by atoms with Crippen LogP contribution in [0.3, 0.4) is 0 Å². The molecule has 0 atom stereocenters. The highest BCUT2D eigenvalue weighted by Crippen LogP contribution is 2.16. The van der Waals surface area contributed by atoms with Gasteiger partial charge in [0.2, 0.25) is 0 Å². The van der Waals surface area contributed by atoms with Gasteiger partial charge in [-0.2, -0.15) is 0 Å². The molecular formula is C16H15N3. The van der Waals surface area contributed by atoms with Gasteiger partial charge in [0, 0.05) is 37.3 Å². The molecule has 1 aromatic carbocycles. The maximum Gasteiger partial charge on any atom is 0.158 e. The van der Waals surface area contributed by atoms with E-state index in [1.807, 2.05) is 12.1 Å². The summed E-state index contributed by atoms with van der Waals surface area (Å²) in [7, 11) is 0. The van der Waals surface area contributed by atoms with Crippen LogP contribution < -0.4 is 0 Å². The molecule has 2 heterocycles. The van der Waals surface area contributed by atoms with Crippen molar-refractivity contribution in [2.75, 3.05) is 6.54 Å². The van der Waals surface area contributed by atoms with E-state index >= 15 is 0 Å². The predicted molar refractivity (Wildman–Crippen MR) is 76.0 cm³/mol. The first-order valence-corrected chi connectivity index (χ1v) is 6.35. The van der Waals surface area contributed by atoms with Crippen molar-refractivity contribution in [3.05, 3.63) is 78.5 Å². The standard InChI is InChI=1S/C16H15N3/c1-2-5-14(6-3-1)13-19-11-7-15(8-12-19)16-17-9-4-10-18-16/h1-11H,12-13H2. The fourth-order valence-electron chi connectivity index (χ4n) is 2.08. The van der Waals surface area contributed by atoms with Gasteiger partial charge in [-0.25, -0.2) is 9.97 Å². The molecular weight excluding hydrogens is 234 g/mol. The summed E-state index contributed by atoms with van der Waals surface area (Å²) >= 11 is 0. The zero-order valence-corrected chi connectivity index (χ0v) is 10.6. The highest BCUT2D eigenvalue weighted by molar-refractivity contribution is 5.70. The Morgan fingerprint density at radius 2 is 1.79 bits per heavy atom. The lowest BCUT2D eigenvalue weighted by Gasteiger charge is -2.22. The number of benzene rings is 1. The summed E-state index contributed by atoms with van der Waals surface area (Å²) in [5.41, 5.74) is 2.41. The SMILES string of the molecule is C1=CN(Cc2ccccc2)CC=C1c1ncccn1. The van der Waals surface area contributed by atoms with Crippen molar-refractivity contribution < 1.29 is 0 Å². The van der Waals surface area contributed by atoms with E-state index in [0.717, 1.165) is 24.5 Å². The smallest absolute Gasteiger partial charge is 0.158 e. The molecule has 3 nitrogen and oxygen atoms in total. The van der Waals surface area contributed by atoms with Crippen LogP contribution >= 0.6 is 0 Å². The van der Waals surface area contributed by atoms with Crippen LogP contribution in [0.25, 0.3) is 5.57 Å². The fraction of sp³-hybridized carbons (Fsp3) is 0.125. The third-order valence-electron chi connectivity index (χ3n) is 3.06. The third-order valence-corrected chi connectivity index (χ3v) is 3.06. The highest BCUT2D eigenvalue weighted by Gasteiger charge is 2.08. The van der Waals surface area contributed by atoms with E-state index in [0.29, 0.717) is 0 Å². The summed E-state index contributed by atoms with van der Waals surface area (Å²) in [6.07, 6.45) is 9.89. The summed E-state index contributed by atoms with van der Waals surface area (Å²) in [6.45, 7) is 1.82. The summed E-state index contributed by atoms with van der Waals surface area (Å²) in [4.78, 5) is 10.8. The summed E-state index contributed by atoms with van der Waals surface area (Å²) in [5, 5.41) is 0. The molecule has 0 aliphatic carbocycles. The highest BCUT2D eigenvalue weighted by atomic mass is 15.1. The molecule has 0 spiro atoms. The first-order valence-electron chi connectivity index (χ1n) is 6.35. The molecule has 0 amide bonds. The van der Waals surface area contributed by atoms with E-state index in [-0.39, 0.29) is 0 Å². The average molecular weight is 249 g/mol. The monoisotopic (exact) mass is 249 g/mol. The number of nitrogens with zero attached hydrogens (tertiary/aromatic N) is 3. The Hall–Kier alpha value is -2.42. The molecule has 19 heavy (non-hydrogen) atoms. The quantitative estimate of drug-likeness (QED) is 0.837. The number of hydrogen-bond donors (Lipinski definition) is 0. The largest absolute Gasteiger partial charge is 0.369 e. The summed E-state index contributed by atoms with van der Waals surface area (Å²) < 4.78 is 0. The molecule has 0 unspecified atom stereocenters. The van der Waals surface area contributed by atoms with E-state index in [2.05, 4.69) is 57.5 Å². The summed E-state index contributed by atoms with van der Waals surface area (Å²) in [5.74, 6) is 0.790. The Labute approximate surface area is 112 Å². The minimum Gasteiger partial charge on any atom is -0.369 e. The molecule has 0 saturated carbocycles. The Morgan fingerprint density at radius 1 is 1.00 bits per heavy atom. The first-order chi connectivity index (χ1) is 9.42. The van der Waals surface area contributed by atoms with Crippen LogP contribution in [0.2, 0.25) is 0 Å². The second kappa shape index (κ2) is 5.48. The van der Waals surface area contributed by atoms with Crippen molar-refractivity contribution in [3.63, 3.8) is 0 Å². The Balaban J connectivity index is 1.67. The van der Waals surface area contributed by atoms with Crippen LogP contribution in [-0.2, 0) is 6.54 Å². The van der Waals surface area contributed by atoms with Crippen molar-refractivity contribution in [3.8, 4) is 0 Å². The number of rotatable bonds is 3. The molecule has 94 valence electrons. The van der Waals surface area contributed by atoms with Crippen LogP contribution in [-0.4, -0.2) is 21.4 Å². The zero-order chi connectivity index (χ0) is 12.9. The average Bonchev–Trinajstić information content (AvgIpc) is 2.50. The second-order valence-corrected chi connectivity index (χ2v) is 4.46. The molecule has 0 fully saturated rings. The van der Waals surface area contributed by atoms with Crippen molar-refractivity contribution in [2.45, 2.75) is 6.54 Å². The van der Waals surface area contributed by atoms with Crippen molar-refractivity contribution in [1.29, 1.82) is 0 Å². The first kappa shape index (κ1) is 11.7. The molecule has 0 saturated heterocycles. The lowest BCUT2D eigenvalue weighted by molar-refractivity contribution is 0.406. The van der Waals surface area contributed by atoms with E-state index in [1.165, 1.54) is 5.56 Å². The molecule has 3 rings (SSSR count). The maximum atomic E-state index is 4.26. The third kappa shape index (κ3) is 2.88. The Kier molecular flexibility index (Phi) is 3.36. The molecule has 2 aromatic rings. The van der Waals surface area contributed by atoms with Crippen LogP contribution in [0.5, 0.6) is 0 Å². The van der Waals surface area contributed by atoms with Gasteiger partial charge < -0.3 is 4.90 Å². The van der Waals surface area contributed by atoms with Crippen LogP contribution in [0, 0.1) is 0 Å². The van der Waals surface area contributed by atoms with E-state index in [9.17, 15) is 0 Å². The lowest BCUT2D eigenvalue weighted by atomic mass is 10.1. The van der Waals surface area contributed by atoms with Gasteiger partial charge in [-0.15, -0.1) is 0 Å². The minimum absolute atomic E-state index is 0.790. The normalized spacial score (nSPS) is 14.3. The number of hydrogen-bond acceptors (Lipinski definition) is 3. The summed E-state index contributed by atoms with van der Waals surface area (Å²) in [6, 6.07) is 12.3. The molecule has 0 radical (unpaired) electrons. The molecule has 3 heteroatoms. The fourth-order valence-corrected chi connectivity index (χ4v) is 2.08. The van der Waals surface area contributed by atoms with E-state index in [4.69, 9.17) is 0 Å². The molecule has 0 bridgehead atoms. The van der Waals surface area contributed by atoms with Gasteiger partial charge in [0.15, 0.2) is 5.82 Å². The van der Waals surface area contributed by atoms with Gasteiger partial charge in [0.25, 0.3) is 0 Å². The number of aromatic nitrogens is 2. The second-order valence-electron chi connectivity index (χ2n) is 4.46. The molecule has 1 aliphatic heterocycles. The lowest BCUT2D eigenvalue weighted by Crippen LogP contribution is -2.19. The van der Waals surface area contributed by atoms with Crippen molar-refractivity contribution in [1.82, 2.24) is 14.9 Å². The van der Waals surface area contributed by atoms with Gasteiger partial charge in [0.1, 0.15) is 0 Å². The van der Waals surface area contributed by atoms with Crippen LogP contribution in [0.4, 0.5) is 0 Å². The van der Waals surface area contributed by atoms with Crippen molar-refractivity contribution in [2.24, 2.45) is 0 Å². The van der Waals surface area contributed by atoms with Crippen LogP contribution in [0.15, 0.2) is 67.1 Å². The topological polar surface area (TPSA) is 29.0 Å². The van der Waals surface area contributed by atoms with E-state index in [1.54, 1.807) is 12.4 Å². The van der Waals surface area contributed by atoms with E-state index < -0.39 is 0 Å². The molecule has 1 aliphatic rings. The van der Waals surface area contributed by atoms with Gasteiger partial charge in [-0.05, 0) is 17.7 Å². The van der Waals surface area contributed by atoms with Crippen molar-refractivity contribution >= 4 is 5.57 Å². The van der Waals surface area contributed by atoms with Gasteiger partial charge in [0.05, 0.1) is 0 Å².